The topological polar surface area (TPSA) is 7.68 Å². The molecule has 0 aliphatic rings. The molecule has 0 aromatic carbocycles. The van der Waals surface area contributed by atoms with E-state index in [2.05, 4.69) is 33.1 Å². The van der Waals surface area contributed by atoms with Gasteiger partial charge in [0.15, 0.2) is 0 Å². The van der Waals surface area contributed by atoms with Crippen LogP contribution in [0.25, 0.3) is 0 Å². The van der Waals surface area contributed by atoms with E-state index in [0.29, 0.717) is 0 Å². The maximum absolute atomic E-state index is 3.83. The summed E-state index contributed by atoms with van der Waals surface area (Å²) >= 11 is 0. The van der Waals surface area contributed by atoms with Crippen LogP contribution in [0.15, 0.2) is 0 Å². The van der Waals surface area contributed by atoms with Crippen LogP contribution in [0.2, 0.25) is 0 Å². The Kier molecular flexibility index (Phi) is 4.72. The summed E-state index contributed by atoms with van der Waals surface area (Å²) in [5, 5.41) is 0. The van der Waals surface area contributed by atoms with Crippen LogP contribution in [-0.2, 0) is 0 Å². The molecule has 0 radical (unpaired) electrons. The first-order valence-corrected chi connectivity index (χ1v) is 3.42. The van der Waals surface area contributed by atoms with Gasteiger partial charge in [0, 0.05) is 20.0 Å². The monoisotopic (exact) mass is 130 g/mol. The van der Waals surface area contributed by atoms with Crippen molar-refractivity contribution >= 4 is 0 Å². The molecule has 0 aromatic rings. The second-order valence-electron chi connectivity index (χ2n) is 2.86. The highest BCUT2D eigenvalue weighted by molar-refractivity contribution is 4.40. The van der Waals surface area contributed by atoms with Gasteiger partial charge in [-0.2, -0.15) is 7.05 Å². The number of hydrogen-bond donors (Lipinski definition) is 1. The van der Waals surface area contributed by atoms with Crippen molar-refractivity contribution in [3.63, 3.8) is 0 Å². The summed E-state index contributed by atoms with van der Waals surface area (Å²) in [6, 6.07) is 0. The maximum atomic E-state index is 3.83. The maximum Gasteiger partial charge on any atom is 0.0540 e. The van der Waals surface area contributed by atoms with Crippen LogP contribution in [0, 0.1) is 7.05 Å². The fraction of sp³-hybridized carbons (Fsp3) is 0.857. The van der Waals surface area contributed by atoms with Crippen LogP contribution in [-0.4, -0.2) is 39.1 Å². The summed E-state index contributed by atoms with van der Waals surface area (Å²) in [4.78, 5) is 3.49. The third kappa shape index (κ3) is 7.92. The van der Waals surface area contributed by atoms with Crippen LogP contribution >= 0.6 is 0 Å². The smallest absolute Gasteiger partial charge is 0.0540 e. The van der Waals surface area contributed by atoms with Crippen molar-refractivity contribution in [2.75, 3.05) is 34.2 Å². The molecule has 2 nitrogen and oxygen atoms in total. The third-order valence-corrected chi connectivity index (χ3v) is 1.21. The number of nitrogens with one attached hydrogen (secondary N) is 1. The van der Waals surface area contributed by atoms with Crippen LogP contribution < -0.4 is 4.90 Å². The SMILES string of the molecule is [CH2-][NH+](C)CCCN(C)C. The lowest BCUT2D eigenvalue weighted by Crippen LogP contribution is -3.03. The van der Waals surface area contributed by atoms with Crippen molar-refractivity contribution in [3.8, 4) is 0 Å². The van der Waals surface area contributed by atoms with Crippen LogP contribution in [0.1, 0.15) is 6.42 Å². The molecule has 0 saturated heterocycles. The predicted molar refractivity (Wildman–Crippen MR) is 40.3 cm³/mol. The largest absolute Gasteiger partial charge is 0.470 e. The molecule has 0 aliphatic carbocycles. The Morgan fingerprint density at radius 3 is 2.33 bits per heavy atom. The molecular weight excluding hydrogens is 112 g/mol. The third-order valence-electron chi connectivity index (χ3n) is 1.21. The molecule has 2 heteroatoms. The van der Waals surface area contributed by atoms with E-state index < -0.39 is 0 Å². The molecule has 0 saturated carbocycles. The van der Waals surface area contributed by atoms with E-state index >= 15 is 0 Å². The Morgan fingerprint density at radius 1 is 1.44 bits per heavy atom. The van der Waals surface area contributed by atoms with E-state index in [1.54, 1.807) is 0 Å². The van der Waals surface area contributed by atoms with Gasteiger partial charge in [-0.1, -0.05) is 0 Å². The average molecular weight is 130 g/mol. The van der Waals surface area contributed by atoms with Crippen LogP contribution in [0.4, 0.5) is 0 Å². The van der Waals surface area contributed by atoms with Gasteiger partial charge in [-0.3, -0.25) is 0 Å². The molecule has 0 aliphatic heterocycles. The Bertz CT molecular complexity index is 51.9. The molecule has 0 aromatic heterocycles. The summed E-state index contributed by atoms with van der Waals surface area (Å²) < 4.78 is 0. The molecule has 0 rings (SSSR count). The highest BCUT2D eigenvalue weighted by atomic mass is 15.1. The second-order valence-corrected chi connectivity index (χ2v) is 2.86. The summed E-state index contributed by atoms with van der Waals surface area (Å²) in [5.74, 6) is 0. The van der Waals surface area contributed by atoms with Gasteiger partial charge in [0.2, 0.25) is 0 Å². The van der Waals surface area contributed by atoms with Gasteiger partial charge in [-0.15, -0.1) is 0 Å². The number of nitrogens with zero attached hydrogens (tertiary/aromatic N) is 1. The van der Waals surface area contributed by atoms with Gasteiger partial charge in [0.25, 0.3) is 0 Å². The van der Waals surface area contributed by atoms with E-state index in [-0.39, 0.29) is 0 Å². The quantitative estimate of drug-likeness (QED) is 0.492. The highest BCUT2D eigenvalue weighted by Crippen LogP contribution is 1.76. The van der Waals surface area contributed by atoms with Crippen molar-refractivity contribution in [1.82, 2.24) is 4.90 Å². The lowest BCUT2D eigenvalue weighted by atomic mass is 10.4. The fourth-order valence-electron chi connectivity index (χ4n) is 0.697. The van der Waals surface area contributed by atoms with Crippen molar-refractivity contribution in [3.05, 3.63) is 7.05 Å². The van der Waals surface area contributed by atoms with E-state index in [1.165, 1.54) is 17.9 Å². The Hall–Kier alpha value is -0.0800. The van der Waals surface area contributed by atoms with Crippen LogP contribution in [0.5, 0.6) is 0 Å². The van der Waals surface area contributed by atoms with Crippen molar-refractivity contribution in [2.24, 2.45) is 0 Å². The van der Waals surface area contributed by atoms with Gasteiger partial charge >= 0.3 is 0 Å². The number of hydrogen-bond acceptors (Lipinski definition) is 1. The first-order chi connectivity index (χ1) is 4.13. The first-order valence-electron chi connectivity index (χ1n) is 3.42. The van der Waals surface area contributed by atoms with Gasteiger partial charge in [-0.05, 0) is 14.1 Å². The van der Waals surface area contributed by atoms with Crippen molar-refractivity contribution in [2.45, 2.75) is 6.42 Å². The zero-order valence-corrected chi connectivity index (χ0v) is 6.78. The number of quaternary nitrogens is 1. The highest BCUT2D eigenvalue weighted by Gasteiger charge is 1.90. The second kappa shape index (κ2) is 4.77. The Balaban J connectivity index is 2.91. The Labute approximate surface area is 58.4 Å². The molecule has 1 unspecified atom stereocenters. The minimum Gasteiger partial charge on any atom is -0.470 e. The van der Waals surface area contributed by atoms with Gasteiger partial charge in [0.1, 0.15) is 0 Å². The van der Waals surface area contributed by atoms with Gasteiger partial charge in [0.05, 0.1) is 6.54 Å². The molecule has 56 valence electrons. The van der Waals surface area contributed by atoms with Crippen LogP contribution in [0.3, 0.4) is 0 Å². The average Bonchev–Trinajstić information content (AvgIpc) is 1.63. The molecule has 0 fully saturated rings. The summed E-state index contributed by atoms with van der Waals surface area (Å²) in [5.41, 5.74) is 0. The molecule has 0 bridgehead atoms. The van der Waals surface area contributed by atoms with Crippen molar-refractivity contribution < 1.29 is 4.90 Å². The standard InChI is InChI=1S/C7H18N2/c1-8(2)6-5-7-9(3)4/h8H,1,5-7H2,2-4H3. The van der Waals surface area contributed by atoms with Crippen molar-refractivity contribution in [1.29, 1.82) is 0 Å². The zero-order valence-electron chi connectivity index (χ0n) is 6.78. The minimum absolute atomic E-state index is 1.16. The lowest BCUT2D eigenvalue weighted by Gasteiger charge is -2.15. The molecule has 0 heterocycles. The lowest BCUT2D eigenvalue weighted by molar-refractivity contribution is -0.831. The summed E-state index contributed by atoms with van der Waals surface area (Å²) in [7, 11) is 10.1. The molecule has 0 amide bonds. The van der Waals surface area contributed by atoms with E-state index in [4.69, 9.17) is 0 Å². The Morgan fingerprint density at radius 2 is 2.00 bits per heavy atom. The zero-order chi connectivity index (χ0) is 7.28. The molecular formula is C7H18N2. The summed E-state index contributed by atoms with van der Waals surface area (Å²) in [6.45, 7) is 2.34. The minimum atomic E-state index is 1.16. The van der Waals surface area contributed by atoms with E-state index in [1.807, 2.05) is 0 Å². The normalized spacial score (nSPS) is 14.3. The molecule has 1 N–H and O–H groups in total. The fourth-order valence-corrected chi connectivity index (χ4v) is 0.697. The van der Waals surface area contributed by atoms with Gasteiger partial charge < -0.3 is 9.80 Å². The van der Waals surface area contributed by atoms with E-state index in [0.717, 1.165) is 6.54 Å². The number of rotatable bonds is 4. The first kappa shape index (κ1) is 8.92. The molecule has 1 atom stereocenters. The van der Waals surface area contributed by atoms with Gasteiger partial charge in [-0.25, -0.2) is 0 Å². The summed E-state index contributed by atoms with van der Waals surface area (Å²) in [6.07, 6.45) is 1.24. The van der Waals surface area contributed by atoms with E-state index in [9.17, 15) is 0 Å². The molecule has 0 spiro atoms. The predicted octanol–water partition coefficient (Wildman–Crippen LogP) is -0.756. The molecule has 9 heavy (non-hydrogen) atoms.